The molecule has 0 spiro atoms. The number of carbonyl (C=O) groups is 1. The van der Waals surface area contributed by atoms with E-state index in [9.17, 15) is 9.18 Å². The molecule has 1 amide bonds. The van der Waals surface area contributed by atoms with Gasteiger partial charge < -0.3 is 10.3 Å². The minimum Gasteiger partial charge on any atom is -0.347 e. The molecule has 0 aliphatic heterocycles. The lowest BCUT2D eigenvalue weighted by atomic mass is 10.0. The third-order valence-electron chi connectivity index (χ3n) is 3.39. The normalized spacial score (nSPS) is 12.3. The van der Waals surface area contributed by atoms with Gasteiger partial charge in [0.25, 0.3) is 5.91 Å². The molecular formula is C16H14FN3O. The average molecular weight is 283 g/mol. The van der Waals surface area contributed by atoms with E-state index in [-0.39, 0.29) is 17.8 Å². The van der Waals surface area contributed by atoms with Crippen LogP contribution < -0.4 is 5.32 Å². The van der Waals surface area contributed by atoms with E-state index in [4.69, 9.17) is 0 Å². The van der Waals surface area contributed by atoms with Crippen LogP contribution >= 0.6 is 0 Å². The van der Waals surface area contributed by atoms with Crippen molar-refractivity contribution >= 4 is 16.7 Å². The van der Waals surface area contributed by atoms with Crippen LogP contribution in [0, 0.1) is 5.82 Å². The van der Waals surface area contributed by atoms with Crippen molar-refractivity contribution in [1.82, 2.24) is 15.3 Å². The Morgan fingerprint density at radius 3 is 2.71 bits per heavy atom. The van der Waals surface area contributed by atoms with Gasteiger partial charge in [0.2, 0.25) is 0 Å². The van der Waals surface area contributed by atoms with E-state index in [1.807, 2.05) is 6.92 Å². The van der Waals surface area contributed by atoms with Gasteiger partial charge in [0.1, 0.15) is 11.6 Å². The zero-order chi connectivity index (χ0) is 14.8. The fraction of sp³-hybridized carbons (Fsp3) is 0.125. The molecule has 106 valence electrons. The summed E-state index contributed by atoms with van der Waals surface area (Å²) in [6, 6.07) is 9.50. The largest absolute Gasteiger partial charge is 0.347 e. The highest BCUT2D eigenvalue weighted by molar-refractivity contribution is 6.07. The third-order valence-corrected chi connectivity index (χ3v) is 3.39. The number of H-pyrrole nitrogens is 1. The van der Waals surface area contributed by atoms with E-state index < -0.39 is 0 Å². The van der Waals surface area contributed by atoms with E-state index in [0.29, 0.717) is 22.2 Å². The Morgan fingerprint density at radius 2 is 2.00 bits per heavy atom. The molecule has 1 aromatic heterocycles. The summed E-state index contributed by atoms with van der Waals surface area (Å²) in [5, 5.41) is 3.89. The molecule has 3 rings (SSSR count). The zero-order valence-corrected chi connectivity index (χ0v) is 11.4. The van der Waals surface area contributed by atoms with Crippen molar-refractivity contribution in [3.05, 3.63) is 66.0 Å². The lowest BCUT2D eigenvalue weighted by Crippen LogP contribution is -2.27. The van der Waals surface area contributed by atoms with Crippen LogP contribution in [0.15, 0.2) is 48.8 Å². The molecule has 0 aliphatic carbocycles. The summed E-state index contributed by atoms with van der Waals surface area (Å²) in [5.41, 5.74) is 0.449. The van der Waals surface area contributed by atoms with Crippen molar-refractivity contribution in [1.29, 1.82) is 0 Å². The van der Waals surface area contributed by atoms with Crippen LogP contribution in [0.4, 0.5) is 4.39 Å². The van der Waals surface area contributed by atoms with E-state index in [1.165, 1.54) is 12.1 Å². The maximum atomic E-state index is 13.8. The number of hydrogen-bond acceptors (Lipinski definition) is 2. The molecule has 5 heteroatoms. The first-order chi connectivity index (χ1) is 10.2. The molecule has 1 heterocycles. The molecule has 0 saturated carbocycles. The number of imidazole rings is 1. The van der Waals surface area contributed by atoms with Gasteiger partial charge in [-0.05, 0) is 24.4 Å². The maximum Gasteiger partial charge on any atom is 0.252 e. The molecule has 1 unspecified atom stereocenters. The molecule has 0 saturated heterocycles. The minimum absolute atomic E-state index is 0.253. The van der Waals surface area contributed by atoms with Gasteiger partial charge in [0.15, 0.2) is 0 Å². The number of rotatable bonds is 3. The number of halogens is 1. The predicted molar refractivity (Wildman–Crippen MR) is 78.4 cm³/mol. The highest BCUT2D eigenvalue weighted by Crippen LogP contribution is 2.22. The first-order valence-electron chi connectivity index (χ1n) is 6.64. The summed E-state index contributed by atoms with van der Waals surface area (Å²) >= 11 is 0. The SMILES string of the molecule is CC(NC(=O)c1ccc(F)c2ccccc12)c1ncc[nH]1. The standard InChI is InChI=1S/C16H14FN3O/c1-10(15-18-8-9-19-15)20-16(21)13-6-7-14(17)12-5-3-2-4-11(12)13/h2-10H,1H3,(H,18,19)(H,20,21). The molecule has 2 N–H and O–H groups in total. The number of benzene rings is 2. The number of aromatic nitrogens is 2. The van der Waals surface area contributed by atoms with Gasteiger partial charge in [-0.25, -0.2) is 9.37 Å². The Bertz CT molecular complexity index is 783. The minimum atomic E-state index is -0.332. The van der Waals surface area contributed by atoms with E-state index in [2.05, 4.69) is 15.3 Å². The van der Waals surface area contributed by atoms with Crippen LogP contribution in [0.25, 0.3) is 10.8 Å². The van der Waals surface area contributed by atoms with Crippen molar-refractivity contribution in [3.63, 3.8) is 0 Å². The number of carbonyl (C=O) groups excluding carboxylic acids is 1. The van der Waals surface area contributed by atoms with E-state index >= 15 is 0 Å². The Hall–Kier alpha value is -2.69. The summed E-state index contributed by atoms with van der Waals surface area (Å²) < 4.78 is 13.8. The van der Waals surface area contributed by atoms with Crippen molar-refractivity contribution in [3.8, 4) is 0 Å². The smallest absolute Gasteiger partial charge is 0.252 e. The number of amides is 1. The number of nitrogens with one attached hydrogen (secondary N) is 2. The second-order valence-electron chi connectivity index (χ2n) is 4.81. The average Bonchev–Trinajstić information content (AvgIpc) is 3.02. The van der Waals surface area contributed by atoms with Crippen LogP contribution in [-0.4, -0.2) is 15.9 Å². The van der Waals surface area contributed by atoms with Gasteiger partial charge in [-0.15, -0.1) is 0 Å². The van der Waals surface area contributed by atoms with Gasteiger partial charge in [-0.2, -0.15) is 0 Å². The molecule has 0 bridgehead atoms. The first-order valence-corrected chi connectivity index (χ1v) is 6.64. The fourth-order valence-corrected chi connectivity index (χ4v) is 2.32. The Kier molecular flexibility index (Phi) is 3.39. The molecule has 21 heavy (non-hydrogen) atoms. The number of fused-ring (bicyclic) bond motifs is 1. The highest BCUT2D eigenvalue weighted by Gasteiger charge is 2.16. The maximum absolute atomic E-state index is 13.8. The molecule has 3 aromatic rings. The van der Waals surface area contributed by atoms with Crippen LogP contribution in [0.1, 0.15) is 29.1 Å². The lowest BCUT2D eigenvalue weighted by molar-refractivity contribution is 0.0940. The van der Waals surface area contributed by atoms with Gasteiger partial charge in [0.05, 0.1) is 6.04 Å². The van der Waals surface area contributed by atoms with Crippen molar-refractivity contribution in [2.45, 2.75) is 13.0 Å². The number of hydrogen-bond donors (Lipinski definition) is 2. The second-order valence-corrected chi connectivity index (χ2v) is 4.81. The highest BCUT2D eigenvalue weighted by atomic mass is 19.1. The molecule has 4 nitrogen and oxygen atoms in total. The Morgan fingerprint density at radius 1 is 1.24 bits per heavy atom. The van der Waals surface area contributed by atoms with Crippen LogP contribution in [0.3, 0.4) is 0 Å². The molecule has 1 atom stereocenters. The van der Waals surface area contributed by atoms with Crippen LogP contribution in [-0.2, 0) is 0 Å². The van der Waals surface area contributed by atoms with Gasteiger partial charge in [-0.1, -0.05) is 24.3 Å². The van der Waals surface area contributed by atoms with Crippen molar-refractivity contribution in [2.24, 2.45) is 0 Å². The van der Waals surface area contributed by atoms with Crippen LogP contribution in [0.2, 0.25) is 0 Å². The molecule has 2 aromatic carbocycles. The summed E-state index contributed by atoms with van der Waals surface area (Å²) in [4.78, 5) is 19.5. The van der Waals surface area contributed by atoms with E-state index in [0.717, 1.165) is 0 Å². The first kappa shape index (κ1) is 13.3. The summed E-state index contributed by atoms with van der Waals surface area (Å²) in [5.74, 6) is 0.0890. The molecule has 0 aliphatic rings. The molecule has 0 fully saturated rings. The summed E-state index contributed by atoms with van der Waals surface area (Å²) in [6.07, 6.45) is 3.33. The lowest BCUT2D eigenvalue weighted by Gasteiger charge is -2.13. The molecular weight excluding hydrogens is 269 g/mol. The summed E-state index contributed by atoms with van der Waals surface area (Å²) in [6.45, 7) is 1.84. The molecule has 0 radical (unpaired) electrons. The van der Waals surface area contributed by atoms with E-state index in [1.54, 1.807) is 36.7 Å². The van der Waals surface area contributed by atoms with Gasteiger partial charge in [0, 0.05) is 23.3 Å². The van der Waals surface area contributed by atoms with Crippen molar-refractivity contribution < 1.29 is 9.18 Å². The topological polar surface area (TPSA) is 57.8 Å². The number of nitrogens with zero attached hydrogens (tertiary/aromatic N) is 1. The van der Waals surface area contributed by atoms with Gasteiger partial charge in [-0.3, -0.25) is 4.79 Å². The predicted octanol–water partition coefficient (Wildman–Crippen LogP) is 3.19. The third kappa shape index (κ3) is 2.50. The van der Waals surface area contributed by atoms with Crippen LogP contribution in [0.5, 0.6) is 0 Å². The second kappa shape index (κ2) is 5.36. The fourth-order valence-electron chi connectivity index (χ4n) is 2.32. The van der Waals surface area contributed by atoms with Gasteiger partial charge >= 0.3 is 0 Å². The summed E-state index contributed by atoms with van der Waals surface area (Å²) in [7, 11) is 0. The van der Waals surface area contributed by atoms with Crippen molar-refractivity contribution in [2.75, 3.05) is 0 Å². The Labute approximate surface area is 121 Å². The quantitative estimate of drug-likeness (QED) is 0.775. The Balaban J connectivity index is 1.93. The monoisotopic (exact) mass is 283 g/mol. The number of aromatic amines is 1. The zero-order valence-electron chi connectivity index (χ0n) is 11.4.